The molecule has 0 unspecified atom stereocenters. The zero-order valence-corrected chi connectivity index (χ0v) is 12.5. The highest BCUT2D eigenvalue weighted by Gasteiger charge is 2.17. The number of aromatic nitrogens is 1. The largest absolute Gasteiger partial charge is 0.367 e. The van der Waals surface area contributed by atoms with Gasteiger partial charge in [-0.2, -0.15) is 0 Å². The summed E-state index contributed by atoms with van der Waals surface area (Å²) >= 11 is 9.39. The summed E-state index contributed by atoms with van der Waals surface area (Å²) in [6.07, 6.45) is 0.838. The standard InChI is InChI=1S/C13H14BrClN2O/c1-7(2)5-9-12(17-18-13(9)16)8-3-4-11(15)10(14)6-8/h3-4,6-7H,5,16H2,1-2H3. The highest BCUT2D eigenvalue weighted by Crippen LogP contribution is 2.33. The van der Waals surface area contributed by atoms with Crippen molar-refractivity contribution in [1.29, 1.82) is 0 Å². The maximum atomic E-state index is 5.98. The van der Waals surface area contributed by atoms with Gasteiger partial charge in [0.1, 0.15) is 5.69 Å². The summed E-state index contributed by atoms with van der Waals surface area (Å²) in [6, 6.07) is 5.66. The van der Waals surface area contributed by atoms with Crippen LogP contribution in [0.25, 0.3) is 11.3 Å². The Hall–Kier alpha value is -1.00. The first kappa shape index (κ1) is 13.4. The Morgan fingerprint density at radius 2 is 2.17 bits per heavy atom. The van der Waals surface area contributed by atoms with Crippen molar-refractivity contribution < 1.29 is 4.52 Å². The molecule has 1 aromatic carbocycles. The summed E-state index contributed by atoms with van der Waals surface area (Å²) in [5, 5.41) is 4.71. The molecule has 3 nitrogen and oxygen atoms in total. The predicted octanol–water partition coefficient (Wildman–Crippen LogP) is 4.54. The normalized spacial score (nSPS) is 11.2. The molecule has 0 bridgehead atoms. The van der Waals surface area contributed by atoms with Gasteiger partial charge in [-0.15, -0.1) is 0 Å². The minimum Gasteiger partial charge on any atom is -0.367 e. The number of benzene rings is 1. The van der Waals surface area contributed by atoms with Gasteiger partial charge in [0, 0.05) is 15.6 Å². The average molecular weight is 330 g/mol. The molecule has 2 rings (SSSR count). The number of hydrogen-bond donors (Lipinski definition) is 1. The van der Waals surface area contributed by atoms with Gasteiger partial charge >= 0.3 is 0 Å². The van der Waals surface area contributed by atoms with Crippen LogP contribution in [0.15, 0.2) is 27.2 Å². The third kappa shape index (κ3) is 2.70. The Labute approximate surface area is 119 Å². The molecule has 0 aliphatic rings. The van der Waals surface area contributed by atoms with Crippen LogP contribution in [-0.4, -0.2) is 5.16 Å². The molecule has 2 aromatic rings. The second kappa shape index (κ2) is 5.33. The lowest BCUT2D eigenvalue weighted by Crippen LogP contribution is -1.98. The Balaban J connectivity index is 2.47. The molecule has 0 fully saturated rings. The molecule has 5 heteroatoms. The minimum absolute atomic E-state index is 0.393. The van der Waals surface area contributed by atoms with E-state index in [0.717, 1.165) is 27.7 Å². The maximum absolute atomic E-state index is 5.98. The van der Waals surface area contributed by atoms with Crippen LogP contribution in [0.1, 0.15) is 19.4 Å². The van der Waals surface area contributed by atoms with Crippen molar-refractivity contribution >= 4 is 33.4 Å². The number of halogens is 2. The van der Waals surface area contributed by atoms with Gasteiger partial charge in [0.15, 0.2) is 0 Å². The molecule has 0 saturated heterocycles. The first-order valence-electron chi connectivity index (χ1n) is 5.68. The van der Waals surface area contributed by atoms with E-state index in [2.05, 4.69) is 34.9 Å². The van der Waals surface area contributed by atoms with Crippen molar-refractivity contribution in [3.8, 4) is 11.3 Å². The van der Waals surface area contributed by atoms with Crippen molar-refractivity contribution in [2.75, 3.05) is 5.73 Å². The molecule has 0 radical (unpaired) electrons. The Morgan fingerprint density at radius 3 is 2.78 bits per heavy atom. The molecule has 96 valence electrons. The van der Waals surface area contributed by atoms with Crippen molar-refractivity contribution in [2.45, 2.75) is 20.3 Å². The molecule has 1 aromatic heterocycles. The number of nitrogens with two attached hydrogens (primary N) is 1. The highest BCUT2D eigenvalue weighted by atomic mass is 79.9. The molecule has 18 heavy (non-hydrogen) atoms. The van der Waals surface area contributed by atoms with Crippen LogP contribution >= 0.6 is 27.5 Å². The number of rotatable bonds is 3. The molecule has 1 heterocycles. The second-order valence-electron chi connectivity index (χ2n) is 4.60. The van der Waals surface area contributed by atoms with E-state index < -0.39 is 0 Å². The van der Waals surface area contributed by atoms with Gasteiger partial charge in [-0.3, -0.25) is 0 Å². The van der Waals surface area contributed by atoms with Crippen molar-refractivity contribution in [3.05, 3.63) is 33.3 Å². The maximum Gasteiger partial charge on any atom is 0.225 e. The third-order valence-corrected chi connectivity index (χ3v) is 3.84. The second-order valence-corrected chi connectivity index (χ2v) is 5.86. The van der Waals surface area contributed by atoms with Gasteiger partial charge in [-0.05, 0) is 40.4 Å². The smallest absolute Gasteiger partial charge is 0.225 e. The summed E-state index contributed by atoms with van der Waals surface area (Å²) in [6.45, 7) is 4.27. The molecular weight excluding hydrogens is 316 g/mol. The Kier molecular flexibility index (Phi) is 3.97. The van der Waals surface area contributed by atoms with E-state index in [1.54, 1.807) is 0 Å². The molecule has 0 saturated carbocycles. The van der Waals surface area contributed by atoms with Crippen LogP contribution in [-0.2, 0) is 6.42 Å². The topological polar surface area (TPSA) is 52.0 Å². The SMILES string of the molecule is CC(C)Cc1c(-c2ccc(Cl)c(Br)c2)noc1N. The zero-order valence-electron chi connectivity index (χ0n) is 10.2. The van der Waals surface area contributed by atoms with E-state index in [1.165, 1.54) is 0 Å². The lowest BCUT2D eigenvalue weighted by Gasteiger charge is -2.06. The summed E-state index contributed by atoms with van der Waals surface area (Å²) in [5.41, 5.74) is 8.52. The van der Waals surface area contributed by atoms with E-state index in [-0.39, 0.29) is 0 Å². The molecule has 0 aliphatic carbocycles. The van der Waals surface area contributed by atoms with Crippen molar-refractivity contribution in [3.63, 3.8) is 0 Å². The molecule has 0 amide bonds. The Bertz CT molecular complexity index is 566. The lowest BCUT2D eigenvalue weighted by atomic mass is 9.99. The van der Waals surface area contributed by atoms with Gasteiger partial charge in [-0.1, -0.05) is 36.7 Å². The first-order valence-corrected chi connectivity index (χ1v) is 6.85. The number of nitrogens with zero attached hydrogens (tertiary/aromatic N) is 1. The van der Waals surface area contributed by atoms with Gasteiger partial charge in [0.25, 0.3) is 0 Å². The van der Waals surface area contributed by atoms with E-state index in [9.17, 15) is 0 Å². The van der Waals surface area contributed by atoms with Crippen LogP contribution in [0.5, 0.6) is 0 Å². The summed E-state index contributed by atoms with van der Waals surface area (Å²) in [5.74, 6) is 0.881. The molecule has 0 aliphatic heterocycles. The van der Waals surface area contributed by atoms with Gasteiger partial charge in [0.2, 0.25) is 5.88 Å². The van der Waals surface area contributed by atoms with E-state index in [0.29, 0.717) is 16.8 Å². The zero-order chi connectivity index (χ0) is 13.3. The third-order valence-electron chi connectivity index (χ3n) is 2.62. The fourth-order valence-electron chi connectivity index (χ4n) is 1.80. The van der Waals surface area contributed by atoms with Crippen LogP contribution in [0.3, 0.4) is 0 Å². The Morgan fingerprint density at radius 1 is 1.44 bits per heavy atom. The van der Waals surface area contributed by atoms with Gasteiger partial charge in [-0.25, -0.2) is 0 Å². The van der Waals surface area contributed by atoms with E-state index >= 15 is 0 Å². The van der Waals surface area contributed by atoms with E-state index in [1.807, 2.05) is 18.2 Å². The summed E-state index contributed by atoms with van der Waals surface area (Å²) in [4.78, 5) is 0. The van der Waals surface area contributed by atoms with Crippen LogP contribution < -0.4 is 5.73 Å². The minimum atomic E-state index is 0.393. The van der Waals surface area contributed by atoms with Crippen molar-refractivity contribution in [2.24, 2.45) is 5.92 Å². The number of nitrogen functional groups attached to an aromatic ring is 1. The number of hydrogen-bond acceptors (Lipinski definition) is 3. The highest BCUT2D eigenvalue weighted by molar-refractivity contribution is 9.10. The van der Waals surface area contributed by atoms with Crippen LogP contribution in [0, 0.1) is 5.92 Å². The van der Waals surface area contributed by atoms with Crippen LogP contribution in [0.4, 0.5) is 5.88 Å². The molecule has 0 atom stereocenters. The monoisotopic (exact) mass is 328 g/mol. The summed E-state index contributed by atoms with van der Waals surface area (Å²) in [7, 11) is 0. The quantitative estimate of drug-likeness (QED) is 0.899. The average Bonchev–Trinajstić information content (AvgIpc) is 2.64. The number of anilines is 1. The summed E-state index contributed by atoms with van der Waals surface area (Å²) < 4.78 is 5.93. The van der Waals surface area contributed by atoms with E-state index in [4.69, 9.17) is 21.9 Å². The molecular formula is C13H14BrClN2O. The van der Waals surface area contributed by atoms with Crippen molar-refractivity contribution in [1.82, 2.24) is 5.16 Å². The molecule has 2 N–H and O–H groups in total. The van der Waals surface area contributed by atoms with Gasteiger partial charge in [0.05, 0.1) is 5.02 Å². The first-order chi connectivity index (χ1) is 8.49. The fraction of sp³-hybridized carbons (Fsp3) is 0.308. The fourth-order valence-corrected chi connectivity index (χ4v) is 2.29. The van der Waals surface area contributed by atoms with Crippen LogP contribution in [0.2, 0.25) is 5.02 Å². The molecule has 0 spiro atoms. The predicted molar refractivity (Wildman–Crippen MR) is 77.6 cm³/mol. The lowest BCUT2D eigenvalue weighted by molar-refractivity contribution is 0.438. The van der Waals surface area contributed by atoms with Gasteiger partial charge < -0.3 is 10.3 Å².